The number of fused-ring (bicyclic) bond motifs is 2. The van der Waals surface area contributed by atoms with E-state index in [1.807, 2.05) is 35.4 Å². The number of hydrogen-bond acceptors (Lipinski definition) is 7. The Morgan fingerprint density at radius 1 is 1.15 bits per heavy atom. The summed E-state index contributed by atoms with van der Waals surface area (Å²) in [5.74, 6) is 0.657. The van der Waals surface area contributed by atoms with Gasteiger partial charge in [-0.2, -0.15) is 5.10 Å². The largest absolute Gasteiger partial charge is 0.338 e. The van der Waals surface area contributed by atoms with Crippen molar-refractivity contribution < 1.29 is 4.79 Å². The fourth-order valence-corrected chi connectivity index (χ4v) is 6.25. The van der Waals surface area contributed by atoms with Crippen molar-refractivity contribution in [3.8, 4) is 5.95 Å². The lowest BCUT2D eigenvalue weighted by atomic mass is 9.97. The Morgan fingerprint density at radius 3 is 2.79 bits per heavy atom. The zero-order valence-corrected chi connectivity index (χ0v) is 19.4. The molecule has 1 saturated heterocycles. The summed E-state index contributed by atoms with van der Waals surface area (Å²) in [7, 11) is 0. The van der Waals surface area contributed by atoms with Crippen LogP contribution in [0.2, 0.25) is 0 Å². The number of benzene rings is 1. The molecule has 4 aromatic heterocycles. The first-order valence-electron chi connectivity index (χ1n) is 10.8. The van der Waals surface area contributed by atoms with Crippen LogP contribution < -0.4 is 5.56 Å². The fraction of sp³-hybridized carbons (Fsp3) is 0.261. The van der Waals surface area contributed by atoms with Crippen molar-refractivity contribution in [3.63, 3.8) is 0 Å². The van der Waals surface area contributed by atoms with Gasteiger partial charge in [0, 0.05) is 19.0 Å². The second-order valence-corrected chi connectivity index (χ2v) is 10.1. The van der Waals surface area contributed by atoms with Gasteiger partial charge in [0.1, 0.15) is 4.83 Å². The summed E-state index contributed by atoms with van der Waals surface area (Å²) in [6.45, 7) is 3.19. The Morgan fingerprint density at radius 2 is 1.97 bits per heavy atom. The van der Waals surface area contributed by atoms with Crippen LogP contribution in [-0.2, 0) is 0 Å². The molecule has 5 aromatic rings. The maximum atomic E-state index is 13.3. The number of H-pyrrole nitrogens is 1. The number of para-hydroxylation sites is 1. The van der Waals surface area contributed by atoms with Crippen LogP contribution in [0, 0.1) is 6.92 Å². The molecule has 1 fully saturated rings. The normalized spacial score (nSPS) is 15.0. The Hall–Kier alpha value is -3.37. The van der Waals surface area contributed by atoms with E-state index >= 15 is 0 Å². The van der Waals surface area contributed by atoms with Crippen LogP contribution in [0.4, 0.5) is 0 Å². The molecule has 6 rings (SSSR count). The van der Waals surface area contributed by atoms with Crippen LogP contribution in [0.3, 0.4) is 0 Å². The lowest BCUT2D eigenvalue weighted by Crippen LogP contribution is -2.38. The molecule has 5 heterocycles. The SMILES string of the molecule is Cc1c(C(=O)N2CCC(c3nc4ccccc4s3)CC2)cnn1-c1nc2sccc2c(=O)[nH]1. The van der Waals surface area contributed by atoms with Gasteiger partial charge in [-0.3, -0.25) is 14.6 Å². The first-order valence-corrected chi connectivity index (χ1v) is 12.5. The Kier molecular flexibility index (Phi) is 4.84. The molecule has 1 N–H and O–H groups in total. The summed E-state index contributed by atoms with van der Waals surface area (Å²) in [5.41, 5.74) is 2.03. The van der Waals surface area contributed by atoms with E-state index in [1.165, 1.54) is 20.7 Å². The molecule has 166 valence electrons. The number of aromatic nitrogens is 5. The third-order valence-electron chi connectivity index (χ3n) is 6.20. The molecule has 0 saturated carbocycles. The van der Waals surface area contributed by atoms with E-state index < -0.39 is 0 Å². The molecule has 0 aliphatic carbocycles. The van der Waals surface area contributed by atoms with Gasteiger partial charge in [-0.1, -0.05) is 12.1 Å². The molecule has 1 aliphatic heterocycles. The zero-order valence-electron chi connectivity index (χ0n) is 17.8. The van der Waals surface area contributed by atoms with Crippen molar-refractivity contribution in [2.24, 2.45) is 0 Å². The van der Waals surface area contributed by atoms with Crippen molar-refractivity contribution in [1.82, 2.24) is 29.6 Å². The van der Waals surface area contributed by atoms with E-state index in [4.69, 9.17) is 4.98 Å². The van der Waals surface area contributed by atoms with E-state index in [1.54, 1.807) is 23.6 Å². The van der Waals surface area contributed by atoms with Gasteiger partial charge in [-0.25, -0.2) is 14.6 Å². The van der Waals surface area contributed by atoms with Crippen LogP contribution in [0.1, 0.15) is 39.8 Å². The topological polar surface area (TPSA) is 96.8 Å². The highest BCUT2D eigenvalue weighted by molar-refractivity contribution is 7.18. The minimum atomic E-state index is -0.212. The quantitative estimate of drug-likeness (QED) is 0.423. The van der Waals surface area contributed by atoms with Crippen molar-refractivity contribution in [1.29, 1.82) is 0 Å². The van der Waals surface area contributed by atoms with Crippen LogP contribution in [-0.4, -0.2) is 48.6 Å². The zero-order chi connectivity index (χ0) is 22.5. The smallest absolute Gasteiger partial charge is 0.261 e. The monoisotopic (exact) mass is 476 g/mol. The Labute approximate surface area is 196 Å². The summed E-state index contributed by atoms with van der Waals surface area (Å²) in [6.07, 6.45) is 3.35. The van der Waals surface area contributed by atoms with Gasteiger partial charge in [0.2, 0.25) is 5.95 Å². The molecule has 0 bridgehead atoms. The third-order valence-corrected chi connectivity index (χ3v) is 8.21. The summed E-state index contributed by atoms with van der Waals surface area (Å²) >= 11 is 3.15. The van der Waals surface area contributed by atoms with Gasteiger partial charge in [0.25, 0.3) is 11.5 Å². The molecule has 0 radical (unpaired) electrons. The Balaban J connectivity index is 1.20. The number of rotatable bonds is 3. The first-order chi connectivity index (χ1) is 16.1. The molecule has 10 heteroatoms. The number of carbonyl (C=O) groups is 1. The lowest BCUT2D eigenvalue weighted by Gasteiger charge is -2.31. The average molecular weight is 477 g/mol. The molecule has 33 heavy (non-hydrogen) atoms. The second-order valence-electron chi connectivity index (χ2n) is 8.17. The molecule has 0 unspecified atom stereocenters. The second kappa shape index (κ2) is 7.89. The summed E-state index contributed by atoms with van der Waals surface area (Å²) < 4.78 is 2.74. The van der Waals surface area contributed by atoms with Crippen molar-refractivity contribution in [3.05, 3.63) is 68.5 Å². The van der Waals surface area contributed by atoms with E-state index in [9.17, 15) is 9.59 Å². The van der Waals surface area contributed by atoms with Gasteiger partial charge >= 0.3 is 0 Å². The van der Waals surface area contributed by atoms with E-state index in [0.29, 0.717) is 46.4 Å². The van der Waals surface area contributed by atoms with Gasteiger partial charge in [-0.05, 0) is 43.3 Å². The van der Waals surface area contributed by atoms with Gasteiger partial charge in [0.05, 0.1) is 38.1 Å². The van der Waals surface area contributed by atoms with Crippen molar-refractivity contribution in [2.45, 2.75) is 25.7 Å². The number of amides is 1. The number of aromatic amines is 1. The van der Waals surface area contributed by atoms with Crippen molar-refractivity contribution >= 4 is 49.0 Å². The number of hydrogen-bond donors (Lipinski definition) is 1. The fourth-order valence-electron chi connectivity index (χ4n) is 4.35. The highest BCUT2D eigenvalue weighted by Crippen LogP contribution is 2.34. The summed E-state index contributed by atoms with van der Waals surface area (Å²) in [4.78, 5) is 40.2. The van der Waals surface area contributed by atoms with Crippen LogP contribution in [0.5, 0.6) is 0 Å². The molecule has 1 amide bonds. The highest BCUT2D eigenvalue weighted by atomic mass is 32.1. The predicted octanol–water partition coefficient (Wildman–Crippen LogP) is 4.11. The average Bonchev–Trinajstić information content (AvgIpc) is 3.56. The molecule has 8 nitrogen and oxygen atoms in total. The number of thiophene rings is 1. The first kappa shape index (κ1) is 20.3. The molecule has 0 spiro atoms. The summed E-state index contributed by atoms with van der Waals surface area (Å²) in [6, 6.07) is 9.95. The van der Waals surface area contributed by atoms with Crippen LogP contribution >= 0.6 is 22.7 Å². The van der Waals surface area contributed by atoms with Gasteiger partial charge in [-0.15, -0.1) is 22.7 Å². The van der Waals surface area contributed by atoms with Crippen molar-refractivity contribution in [2.75, 3.05) is 13.1 Å². The predicted molar refractivity (Wildman–Crippen MR) is 130 cm³/mol. The number of nitrogens with zero attached hydrogens (tertiary/aromatic N) is 5. The van der Waals surface area contributed by atoms with E-state index in [2.05, 4.69) is 21.1 Å². The number of thiazole rings is 1. The molecule has 0 atom stereocenters. The summed E-state index contributed by atoms with van der Waals surface area (Å²) in [5, 5.41) is 7.90. The third kappa shape index (κ3) is 3.46. The molecular formula is C23H20N6O2S2. The number of likely N-dealkylation sites (tertiary alicyclic amines) is 1. The standard InChI is InChI=1S/C23H20N6O2S2/c1-13-16(12-24-29(13)23-26-19(30)15-8-11-32-21(15)27-23)22(31)28-9-6-14(7-10-28)20-25-17-4-2-3-5-18(17)33-20/h2-5,8,11-12,14H,6-7,9-10H2,1H3,(H,26,27,30). The minimum Gasteiger partial charge on any atom is -0.338 e. The number of piperidine rings is 1. The molecule has 1 aromatic carbocycles. The number of nitrogens with one attached hydrogen (secondary N) is 1. The van der Waals surface area contributed by atoms with Gasteiger partial charge in [0.15, 0.2) is 0 Å². The highest BCUT2D eigenvalue weighted by Gasteiger charge is 2.28. The van der Waals surface area contributed by atoms with Crippen LogP contribution in [0.25, 0.3) is 26.4 Å². The molecular weight excluding hydrogens is 456 g/mol. The lowest BCUT2D eigenvalue weighted by molar-refractivity contribution is 0.0712. The van der Waals surface area contributed by atoms with E-state index in [-0.39, 0.29) is 11.5 Å². The van der Waals surface area contributed by atoms with E-state index in [0.717, 1.165) is 23.4 Å². The van der Waals surface area contributed by atoms with Gasteiger partial charge < -0.3 is 4.90 Å². The maximum Gasteiger partial charge on any atom is 0.261 e. The van der Waals surface area contributed by atoms with Crippen LogP contribution in [0.15, 0.2) is 46.7 Å². The Bertz CT molecular complexity index is 1520. The number of carbonyl (C=O) groups excluding carboxylic acids is 1. The molecule has 1 aliphatic rings. The minimum absolute atomic E-state index is 0.0407. The maximum absolute atomic E-state index is 13.3.